The van der Waals surface area contributed by atoms with Crippen molar-refractivity contribution >= 4 is 5.97 Å². The standard InChI is InChI=1S/C10H18O2/c1-5-10(11)12-7-6-9(4)8(2)3/h6,8H,5,7H2,1-4H3/b9-6+. The van der Waals surface area contributed by atoms with Crippen molar-refractivity contribution in [2.45, 2.75) is 34.1 Å². The molecule has 0 fully saturated rings. The maximum Gasteiger partial charge on any atom is 0.305 e. The number of rotatable bonds is 4. The van der Waals surface area contributed by atoms with Gasteiger partial charge in [0.05, 0.1) is 0 Å². The first-order valence-corrected chi connectivity index (χ1v) is 4.40. The summed E-state index contributed by atoms with van der Waals surface area (Å²) in [6.45, 7) is 8.49. The van der Waals surface area contributed by atoms with Gasteiger partial charge >= 0.3 is 5.97 Å². The fourth-order valence-corrected chi connectivity index (χ4v) is 0.604. The van der Waals surface area contributed by atoms with E-state index in [1.165, 1.54) is 5.57 Å². The number of carbonyl (C=O) groups is 1. The van der Waals surface area contributed by atoms with Gasteiger partial charge in [-0.2, -0.15) is 0 Å². The van der Waals surface area contributed by atoms with E-state index in [2.05, 4.69) is 13.8 Å². The fourth-order valence-electron chi connectivity index (χ4n) is 0.604. The summed E-state index contributed by atoms with van der Waals surface area (Å²) in [6, 6.07) is 0. The van der Waals surface area contributed by atoms with E-state index in [4.69, 9.17) is 4.74 Å². The Hall–Kier alpha value is -0.790. The normalized spacial score (nSPS) is 11.9. The van der Waals surface area contributed by atoms with Crippen LogP contribution >= 0.6 is 0 Å². The number of carbonyl (C=O) groups excluding carboxylic acids is 1. The molecule has 70 valence electrons. The van der Waals surface area contributed by atoms with Crippen molar-refractivity contribution in [1.82, 2.24) is 0 Å². The molecule has 0 atom stereocenters. The van der Waals surface area contributed by atoms with E-state index >= 15 is 0 Å². The molecule has 0 spiro atoms. The summed E-state index contributed by atoms with van der Waals surface area (Å²) in [5.41, 5.74) is 1.26. The Kier molecular flexibility index (Phi) is 5.43. The minimum atomic E-state index is -0.136. The van der Waals surface area contributed by atoms with E-state index in [0.29, 0.717) is 18.9 Å². The molecule has 0 saturated carbocycles. The molecule has 0 unspecified atom stereocenters. The Morgan fingerprint density at radius 3 is 2.50 bits per heavy atom. The van der Waals surface area contributed by atoms with Crippen LogP contribution in [0.1, 0.15) is 34.1 Å². The van der Waals surface area contributed by atoms with Gasteiger partial charge in [-0.3, -0.25) is 4.79 Å². The second-order valence-electron chi connectivity index (χ2n) is 3.14. The lowest BCUT2D eigenvalue weighted by Crippen LogP contribution is -2.03. The molecule has 0 aliphatic carbocycles. The number of hydrogen-bond donors (Lipinski definition) is 0. The summed E-state index contributed by atoms with van der Waals surface area (Å²) in [6.07, 6.45) is 2.41. The van der Waals surface area contributed by atoms with Crippen molar-refractivity contribution in [3.05, 3.63) is 11.6 Å². The van der Waals surface area contributed by atoms with Crippen LogP contribution in [0.15, 0.2) is 11.6 Å². The smallest absolute Gasteiger partial charge is 0.305 e. The number of allylic oxidation sites excluding steroid dienone is 1. The first-order valence-electron chi connectivity index (χ1n) is 4.40. The maximum atomic E-state index is 10.7. The third kappa shape index (κ3) is 4.94. The van der Waals surface area contributed by atoms with Crippen LogP contribution in [0.3, 0.4) is 0 Å². The molecule has 0 amide bonds. The molecule has 0 aromatic heterocycles. The van der Waals surface area contributed by atoms with Crippen molar-refractivity contribution in [2.75, 3.05) is 6.61 Å². The van der Waals surface area contributed by atoms with Gasteiger partial charge in [-0.25, -0.2) is 0 Å². The highest BCUT2D eigenvalue weighted by atomic mass is 16.5. The van der Waals surface area contributed by atoms with Gasteiger partial charge in [-0.1, -0.05) is 26.3 Å². The SMILES string of the molecule is CCC(=O)OC/C=C(\C)C(C)C. The van der Waals surface area contributed by atoms with Gasteiger partial charge in [0.25, 0.3) is 0 Å². The Morgan fingerprint density at radius 1 is 1.50 bits per heavy atom. The molecular formula is C10H18O2. The summed E-state index contributed by atoms with van der Waals surface area (Å²) in [5, 5.41) is 0. The summed E-state index contributed by atoms with van der Waals surface area (Å²) in [7, 11) is 0. The average molecular weight is 170 g/mol. The number of hydrogen-bond acceptors (Lipinski definition) is 2. The molecule has 12 heavy (non-hydrogen) atoms. The second kappa shape index (κ2) is 5.81. The van der Waals surface area contributed by atoms with Crippen LogP contribution in [0.25, 0.3) is 0 Å². The van der Waals surface area contributed by atoms with Gasteiger partial charge in [0.15, 0.2) is 0 Å². The zero-order valence-corrected chi connectivity index (χ0v) is 8.39. The molecule has 2 nitrogen and oxygen atoms in total. The molecular weight excluding hydrogens is 152 g/mol. The van der Waals surface area contributed by atoms with Gasteiger partial charge in [0, 0.05) is 6.42 Å². The van der Waals surface area contributed by atoms with E-state index in [0.717, 1.165) is 0 Å². The first kappa shape index (κ1) is 11.2. The van der Waals surface area contributed by atoms with E-state index in [9.17, 15) is 4.79 Å². The van der Waals surface area contributed by atoms with Crippen LogP contribution in [0, 0.1) is 5.92 Å². The van der Waals surface area contributed by atoms with Crippen LogP contribution in [0.5, 0.6) is 0 Å². The van der Waals surface area contributed by atoms with Gasteiger partial charge < -0.3 is 4.74 Å². The van der Waals surface area contributed by atoms with Crippen molar-refractivity contribution in [3.8, 4) is 0 Å². The highest BCUT2D eigenvalue weighted by molar-refractivity contribution is 5.68. The Morgan fingerprint density at radius 2 is 2.08 bits per heavy atom. The van der Waals surface area contributed by atoms with Crippen molar-refractivity contribution in [3.63, 3.8) is 0 Å². The minimum Gasteiger partial charge on any atom is -0.461 e. The lowest BCUT2D eigenvalue weighted by Gasteiger charge is -2.04. The molecule has 0 bridgehead atoms. The van der Waals surface area contributed by atoms with Crippen LogP contribution in [0.2, 0.25) is 0 Å². The molecule has 0 N–H and O–H groups in total. The Labute approximate surface area is 74.6 Å². The molecule has 0 aromatic rings. The monoisotopic (exact) mass is 170 g/mol. The number of esters is 1. The van der Waals surface area contributed by atoms with E-state index in [-0.39, 0.29) is 5.97 Å². The molecule has 2 heteroatoms. The van der Waals surface area contributed by atoms with Crippen LogP contribution in [-0.2, 0) is 9.53 Å². The largest absolute Gasteiger partial charge is 0.461 e. The van der Waals surface area contributed by atoms with Gasteiger partial charge in [-0.15, -0.1) is 0 Å². The van der Waals surface area contributed by atoms with Gasteiger partial charge in [0.1, 0.15) is 6.61 Å². The van der Waals surface area contributed by atoms with E-state index in [1.54, 1.807) is 6.92 Å². The number of ether oxygens (including phenoxy) is 1. The third-order valence-electron chi connectivity index (χ3n) is 1.85. The lowest BCUT2D eigenvalue weighted by atomic mass is 10.1. The lowest BCUT2D eigenvalue weighted by molar-refractivity contribution is -0.141. The average Bonchev–Trinajstić information content (AvgIpc) is 2.03. The summed E-state index contributed by atoms with van der Waals surface area (Å²) < 4.78 is 4.90. The van der Waals surface area contributed by atoms with E-state index in [1.807, 2.05) is 13.0 Å². The van der Waals surface area contributed by atoms with Crippen LogP contribution < -0.4 is 0 Å². The topological polar surface area (TPSA) is 26.3 Å². The molecule has 0 heterocycles. The van der Waals surface area contributed by atoms with E-state index < -0.39 is 0 Å². The Balaban J connectivity index is 3.67. The molecule has 0 aliphatic heterocycles. The first-order chi connectivity index (χ1) is 5.57. The fraction of sp³-hybridized carbons (Fsp3) is 0.700. The highest BCUT2D eigenvalue weighted by Crippen LogP contribution is 2.06. The molecule has 0 rings (SSSR count). The third-order valence-corrected chi connectivity index (χ3v) is 1.85. The summed E-state index contributed by atoms with van der Waals surface area (Å²) >= 11 is 0. The van der Waals surface area contributed by atoms with Gasteiger partial charge in [-0.05, 0) is 18.9 Å². The maximum absolute atomic E-state index is 10.7. The predicted octanol–water partition coefficient (Wildman–Crippen LogP) is 2.54. The van der Waals surface area contributed by atoms with Crippen LogP contribution in [0.4, 0.5) is 0 Å². The van der Waals surface area contributed by atoms with Crippen molar-refractivity contribution in [1.29, 1.82) is 0 Å². The van der Waals surface area contributed by atoms with Crippen LogP contribution in [-0.4, -0.2) is 12.6 Å². The summed E-state index contributed by atoms with van der Waals surface area (Å²) in [4.78, 5) is 10.7. The summed E-state index contributed by atoms with van der Waals surface area (Å²) in [5.74, 6) is 0.396. The van der Waals surface area contributed by atoms with Crippen molar-refractivity contribution in [2.24, 2.45) is 5.92 Å². The molecule has 0 aliphatic rings. The predicted molar refractivity (Wildman–Crippen MR) is 49.8 cm³/mol. The molecule has 0 saturated heterocycles. The zero-order valence-electron chi connectivity index (χ0n) is 8.39. The van der Waals surface area contributed by atoms with Gasteiger partial charge in [0.2, 0.25) is 0 Å². The van der Waals surface area contributed by atoms with Crippen molar-refractivity contribution < 1.29 is 9.53 Å². The molecule has 0 aromatic carbocycles. The highest BCUT2D eigenvalue weighted by Gasteiger charge is 1.97. The molecule has 0 radical (unpaired) electrons. The minimum absolute atomic E-state index is 0.136. The Bertz CT molecular complexity index is 169. The quantitative estimate of drug-likeness (QED) is 0.478. The zero-order chi connectivity index (χ0) is 9.56. The second-order valence-corrected chi connectivity index (χ2v) is 3.14.